The molecule has 18 heavy (non-hydrogen) atoms. The lowest BCUT2D eigenvalue weighted by Gasteiger charge is -2.05. The smallest absolute Gasteiger partial charge is 0.256 e. The third kappa shape index (κ3) is 2.41. The van der Waals surface area contributed by atoms with E-state index >= 15 is 0 Å². The molecule has 0 spiro atoms. The summed E-state index contributed by atoms with van der Waals surface area (Å²) in [6, 6.07) is 8.06. The van der Waals surface area contributed by atoms with Crippen molar-refractivity contribution in [3.8, 4) is 17.7 Å². The fourth-order valence-electron chi connectivity index (χ4n) is 1.28. The van der Waals surface area contributed by atoms with Crippen LogP contribution in [-0.4, -0.2) is 15.9 Å². The lowest BCUT2D eigenvalue weighted by molar-refractivity contribution is 0.100. The zero-order valence-corrected chi connectivity index (χ0v) is 9.20. The van der Waals surface area contributed by atoms with Crippen LogP contribution in [-0.2, 0) is 0 Å². The number of benzene rings is 1. The largest absolute Gasteiger partial charge is 0.437 e. The molecule has 2 aromatic rings. The molecule has 2 N–H and O–H groups in total. The van der Waals surface area contributed by atoms with Gasteiger partial charge in [-0.15, -0.1) is 0 Å². The van der Waals surface area contributed by atoms with Gasteiger partial charge in [0.2, 0.25) is 11.6 Å². The van der Waals surface area contributed by atoms with E-state index in [1.54, 1.807) is 12.1 Å². The molecule has 0 unspecified atom stereocenters. The van der Waals surface area contributed by atoms with Crippen LogP contribution in [0.2, 0.25) is 0 Å². The molecular formula is C12H8N4O2. The van der Waals surface area contributed by atoms with E-state index < -0.39 is 5.91 Å². The average molecular weight is 240 g/mol. The van der Waals surface area contributed by atoms with Crippen molar-refractivity contribution in [2.24, 2.45) is 5.73 Å². The first kappa shape index (κ1) is 11.5. The first-order chi connectivity index (χ1) is 8.70. The van der Waals surface area contributed by atoms with Gasteiger partial charge in [0, 0.05) is 18.0 Å². The zero-order chi connectivity index (χ0) is 13.0. The second kappa shape index (κ2) is 4.93. The van der Waals surface area contributed by atoms with E-state index in [2.05, 4.69) is 9.97 Å². The Morgan fingerprint density at radius 2 is 1.89 bits per heavy atom. The molecule has 0 fully saturated rings. The number of amides is 1. The second-order valence-corrected chi connectivity index (χ2v) is 3.31. The maximum Gasteiger partial charge on any atom is 0.256 e. The number of rotatable bonds is 3. The number of hydrogen-bond acceptors (Lipinski definition) is 5. The van der Waals surface area contributed by atoms with Crippen LogP contribution >= 0.6 is 0 Å². The van der Waals surface area contributed by atoms with E-state index in [1.165, 1.54) is 24.5 Å². The highest BCUT2D eigenvalue weighted by Gasteiger charge is 2.07. The van der Waals surface area contributed by atoms with E-state index in [0.717, 1.165) is 0 Å². The molecule has 2 rings (SSSR count). The second-order valence-electron chi connectivity index (χ2n) is 3.31. The summed E-state index contributed by atoms with van der Waals surface area (Å²) in [5.41, 5.74) is 5.59. The lowest BCUT2D eigenvalue weighted by atomic mass is 10.2. The number of aromatic nitrogens is 2. The minimum atomic E-state index is -0.515. The number of primary amides is 1. The van der Waals surface area contributed by atoms with E-state index in [0.29, 0.717) is 11.3 Å². The normalized spacial score (nSPS) is 9.50. The zero-order valence-electron chi connectivity index (χ0n) is 9.20. The van der Waals surface area contributed by atoms with Crippen LogP contribution < -0.4 is 10.5 Å². The van der Waals surface area contributed by atoms with Crippen molar-refractivity contribution in [3.63, 3.8) is 0 Å². The molecule has 0 bridgehead atoms. The number of carbonyl (C=O) groups is 1. The van der Waals surface area contributed by atoms with Crippen molar-refractivity contribution in [1.29, 1.82) is 5.26 Å². The van der Waals surface area contributed by atoms with E-state index in [-0.39, 0.29) is 11.6 Å². The summed E-state index contributed by atoms with van der Waals surface area (Å²) in [5.74, 6) is 0.0441. The van der Waals surface area contributed by atoms with E-state index in [1.807, 2.05) is 6.07 Å². The predicted octanol–water partition coefficient (Wildman–Crippen LogP) is 1.24. The number of carbonyl (C=O) groups excluding carboxylic acids is 1. The molecular weight excluding hydrogens is 232 g/mol. The molecule has 0 aliphatic rings. The molecule has 1 aromatic carbocycles. The molecule has 0 aliphatic carbocycles. The summed E-state index contributed by atoms with van der Waals surface area (Å²) in [6.45, 7) is 0. The summed E-state index contributed by atoms with van der Waals surface area (Å²) in [4.78, 5) is 18.6. The molecule has 0 saturated heterocycles. The van der Waals surface area contributed by atoms with Gasteiger partial charge in [-0.05, 0) is 24.3 Å². The highest BCUT2D eigenvalue weighted by molar-refractivity contribution is 5.92. The first-order valence-corrected chi connectivity index (χ1v) is 4.99. The fourth-order valence-corrected chi connectivity index (χ4v) is 1.28. The van der Waals surface area contributed by atoms with Crippen LogP contribution in [0.3, 0.4) is 0 Å². The number of ether oxygens (including phenoxy) is 1. The van der Waals surface area contributed by atoms with Gasteiger partial charge in [0.05, 0.1) is 0 Å². The summed E-state index contributed by atoms with van der Waals surface area (Å²) < 4.78 is 5.39. The molecule has 0 aliphatic heterocycles. The Morgan fingerprint density at radius 3 is 2.50 bits per heavy atom. The van der Waals surface area contributed by atoms with Gasteiger partial charge < -0.3 is 10.5 Å². The molecule has 0 radical (unpaired) electrons. The predicted molar refractivity (Wildman–Crippen MR) is 61.8 cm³/mol. The maximum absolute atomic E-state index is 10.9. The van der Waals surface area contributed by atoms with Crippen LogP contribution in [0.4, 0.5) is 0 Å². The van der Waals surface area contributed by atoms with Crippen molar-refractivity contribution in [2.75, 3.05) is 0 Å². The Morgan fingerprint density at radius 1 is 1.22 bits per heavy atom. The lowest BCUT2D eigenvalue weighted by Crippen LogP contribution is -2.10. The van der Waals surface area contributed by atoms with Crippen LogP contribution in [0, 0.1) is 11.3 Å². The van der Waals surface area contributed by atoms with Gasteiger partial charge in [0.15, 0.2) is 0 Å². The Hall–Kier alpha value is -2.94. The van der Waals surface area contributed by atoms with Gasteiger partial charge >= 0.3 is 0 Å². The number of nitrogens with two attached hydrogens (primary N) is 1. The highest BCUT2D eigenvalue weighted by atomic mass is 16.5. The third-order valence-corrected chi connectivity index (χ3v) is 2.12. The monoisotopic (exact) mass is 240 g/mol. The Kier molecular flexibility index (Phi) is 3.16. The van der Waals surface area contributed by atoms with Crippen molar-refractivity contribution in [3.05, 3.63) is 47.9 Å². The molecule has 1 aromatic heterocycles. The van der Waals surface area contributed by atoms with E-state index in [9.17, 15) is 4.79 Å². The van der Waals surface area contributed by atoms with Crippen LogP contribution in [0.1, 0.15) is 16.1 Å². The molecule has 0 saturated carbocycles. The molecule has 1 amide bonds. The number of hydrogen-bond donors (Lipinski definition) is 1. The Bertz CT molecular complexity index is 617. The third-order valence-electron chi connectivity index (χ3n) is 2.12. The van der Waals surface area contributed by atoms with Crippen LogP contribution in [0.25, 0.3) is 0 Å². The molecule has 6 nitrogen and oxygen atoms in total. The molecule has 88 valence electrons. The summed E-state index contributed by atoms with van der Waals surface area (Å²) in [5, 5.41) is 8.82. The van der Waals surface area contributed by atoms with Gasteiger partial charge in [-0.2, -0.15) is 5.26 Å². The maximum atomic E-state index is 10.9. The minimum Gasteiger partial charge on any atom is -0.437 e. The van der Waals surface area contributed by atoms with E-state index in [4.69, 9.17) is 15.7 Å². The Labute approximate surface area is 103 Å². The number of nitrogens with zero attached hydrogens (tertiary/aromatic N) is 3. The van der Waals surface area contributed by atoms with Gasteiger partial charge in [0.1, 0.15) is 11.8 Å². The van der Waals surface area contributed by atoms with Crippen molar-refractivity contribution in [2.45, 2.75) is 0 Å². The van der Waals surface area contributed by atoms with Gasteiger partial charge in [0.25, 0.3) is 5.88 Å². The van der Waals surface area contributed by atoms with Gasteiger partial charge in [-0.1, -0.05) is 0 Å². The summed E-state index contributed by atoms with van der Waals surface area (Å²) in [6.07, 6.45) is 2.83. The average Bonchev–Trinajstić information content (AvgIpc) is 2.40. The highest BCUT2D eigenvalue weighted by Crippen LogP contribution is 2.21. The van der Waals surface area contributed by atoms with Crippen molar-refractivity contribution >= 4 is 5.91 Å². The number of nitriles is 1. The van der Waals surface area contributed by atoms with Crippen molar-refractivity contribution in [1.82, 2.24) is 9.97 Å². The standard InChI is InChI=1S/C12H8N4O2/c13-7-10-12(16-6-5-15-10)18-9-3-1-8(2-4-9)11(14)17/h1-6H,(H2,14,17). The fraction of sp³-hybridized carbons (Fsp3) is 0. The van der Waals surface area contributed by atoms with Gasteiger partial charge in [-0.3, -0.25) is 4.79 Å². The topological polar surface area (TPSA) is 102 Å². The quantitative estimate of drug-likeness (QED) is 0.869. The molecule has 1 heterocycles. The van der Waals surface area contributed by atoms with Gasteiger partial charge in [-0.25, -0.2) is 9.97 Å². The SMILES string of the molecule is N#Cc1nccnc1Oc1ccc(C(N)=O)cc1. The van der Waals surface area contributed by atoms with Crippen LogP contribution in [0.5, 0.6) is 11.6 Å². The van der Waals surface area contributed by atoms with Crippen LogP contribution in [0.15, 0.2) is 36.7 Å². The molecule has 6 heteroatoms. The summed E-state index contributed by atoms with van der Waals surface area (Å²) >= 11 is 0. The first-order valence-electron chi connectivity index (χ1n) is 4.99. The van der Waals surface area contributed by atoms with Crippen molar-refractivity contribution < 1.29 is 9.53 Å². The molecule has 0 atom stereocenters. The minimum absolute atomic E-state index is 0.0940. The Balaban J connectivity index is 2.24. The summed E-state index contributed by atoms with van der Waals surface area (Å²) in [7, 11) is 0.